The fourth-order valence-electron chi connectivity index (χ4n) is 3.53. The van der Waals surface area contributed by atoms with Gasteiger partial charge in [0.2, 0.25) is 0 Å². The van der Waals surface area contributed by atoms with Crippen LogP contribution in [0.4, 0.5) is 0 Å². The minimum Gasteiger partial charge on any atom is -0.253 e. The highest BCUT2D eigenvalue weighted by molar-refractivity contribution is 7.73. The van der Waals surface area contributed by atoms with Gasteiger partial charge in [0.25, 0.3) is 0 Å². The van der Waals surface area contributed by atoms with E-state index in [1.807, 2.05) is 0 Å². The van der Waals surface area contributed by atoms with Gasteiger partial charge in [0.15, 0.2) is 0 Å². The molecule has 1 aliphatic rings. The van der Waals surface area contributed by atoms with Crippen molar-refractivity contribution in [2.75, 3.05) is 0 Å². The van der Waals surface area contributed by atoms with E-state index in [2.05, 4.69) is 107 Å². The average molecular weight is 383 g/mol. The second-order valence-corrected chi connectivity index (χ2v) is 13.3. The van der Waals surface area contributed by atoms with Crippen LogP contribution in [-0.4, -0.2) is 21.4 Å². The lowest BCUT2D eigenvalue weighted by molar-refractivity contribution is 0.571. The van der Waals surface area contributed by atoms with Gasteiger partial charge in [-0.25, -0.2) is 0 Å². The van der Waals surface area contributed by atoms with Crippen LogP contribution in [0.1, 0.15) is 27.7 Å². The Hall–Kier alpha value is -1.26. The van der Waals surface area contributed by atoms with Gasteiger partial charge in [-0.2, -0.15) is 0 Å². The average Bonchev–Trinajstić information content (AvgIpc) is 3.12. The molecule has 3 atom stereocenters. The third-order valence-corrected chi connectivity index (χ3v) is 10.4. The van der Waals surface area contributed by atoms with Crippen LogP contribution >= 0.6 is 16.1 Å². The van der Waals surface area contributed by atoms with Crippen molar-refractivity contribution < 1.29 is 4.89 Å². The molecule has 136 valence electrons. The Kier molecular flexibility index (Phi) is 6.13. The van der Waals surface area contributed by atoms with E-state index in [1.165, 1.54) is 16.2 Å². The summed E-state index contributed by atoms with van der Waals surface area (Å²) in [6.45, 7) is 8.82. The van der Waals surface area contributed by atoms with Crippen LogP contribution in [0.3, 0.4) is 0 Å². The van der Waals surface area contributed by atoms with Crippen molar-refractivity contribution in [3.05, 3.63) is 84.5 Å². The maximum atomic E-state index is 11.0. The Bertz CT molecular complexity index is 735. The number of hydrogen-bond acceptors (Lipinski definition) is 1. The van der Waals surface area contributed by atoms with Gasteiger partial charge in [-0.1, -0.05) is 79.7 Å². The van der Waals surface area contributed by atoms with Crippen molar-refractivity contribution in [3.8, 4) is 0 Å². The summed E-state index contributed by atoms with van der Waals surface area (Å²) in [6, 6.07) is 21.7. The number of rotatable bonds is 5. The summed E-state index contributed by atoms with van der Waals surface area (Å²) >= 11 is 0. The molecule has 2 aromatic carbocycles. The second kappa shape index (κ2) is 8.18. The zero-order chi connectivity index (χ0) is 18.7. The molecule has 1 N–H and O–H groups in total. The molecule has 0 fully saturated rings. The van der Waals surface area contributed by atoms with Gasteiger partial charge in [-0.15, -0.1) is 0 Å². The maximum absolute atomic E-state index is 11.0. The normalized spacial score (nSPS) is 19.5. The zero-order valence-corrected chi connectivity index (χ0v) is 17.9. The molecule has 2 aromatic rings. The highest BCUT2D eigenvalue weighted by atomic mass is 31.1. The van der Waals surface area contributed by atoms with Crippen molar-refractivity contribution in [2.45, 2.75) is 44.2 Å². The fourth-order valence-corrected chi connectivity index (χ4v) is 8.28. The van der Waals surface area contributed by atoms with Crippen LogP contribution in [0.5, 0.6) is 0 Å². The van der Waals surface area contributed by atoms with Crippen molar-refractivity contribution in [1.82, 2.24) is 0 Å². The van der Waals surface area contributed by atoms with Crippen LogP contribution in [0, 0.1) is 0 Å². The highest BCUT2D eigenvalue weighted by Gasteiger charge is 2.42. The molecule has 0 spiro atoms. The summed E-state index contributed by atoms with van der Waals surface area (Å²) in [6.07, 6.45) is 6.62. The first-order valence-corrected chi connectivity index (χ1v) is 12.2. The molecule has 0 bridgehead atoms. The lowest BCUT2D eigenvalue weighted by atomic mass is 10.2. The number of hydrogen-bond donors (Lipinski definition) is 1. The molecule has 0 saturated heterocycles. The van der Waals surface area contributed by atoms with E-state index in [0.29, 0.717) is 5.66 Å². The molecule has 0 radical (unpaired) electrons. The first-order valence-electron chi connectivity index (χ1n) is 9.23. The van der Waals surface area contributed by atoms with E-state index >= 15 is 0 Å². The number of benzene rings is 2. The van der Waals surface area contributed by atoms with Crippen molar-refractivity contribution in [2.24, 2.45) is 0 Å². The lowest BCUT2D eigenvalue weighted by Gasteiger charge is -2.31. The Morgan fingerprint density at radius 3 is 1.88 bits per heavy atom. The summed E-state index contributed by atoms with van der Waals surface area (Å²) in [5.74, 6) is 0. The van der Waals surface area contributed by atoms with Gasteiger partial charge in [-0.05, 0) is 51.0 Å². The molecule has 3 heteroatoms. The standard InChI is InChI=1S/C23H28OP2/c1-18(21-16-11-17-22(21)26(24)23(2,3)4)25(19-12-7-5-8-13-19)20-14-9-6-10-15-20/h5-18,22,24H,1-4H3/p+1/t18-,22?,26?/m0/s1. The molecule has 3 rings (SSSR count). The summed E-state index contributed by atoms with van der Waals surface area (Å²) in [5, 5.41) is 2.76. The minimum atomic E-state index is -1.52. The molecule has 0 aliphatic heterocycles. The molecular formula is C23H29OP2+. The Morgan fingerprint density at radius 2 is 1.42 bits per heavy atom. The number of allylic oxidation sites excluding steroid dienone is 4. The minimum absolute atomic E-state index is 0.0366. The maximum Gasteiger partial charge on any atom is 0.145 e. The van der Waals surface area contributed by atoms with Gasteiger partial charge >= 0.3 is 0 Å². The summed E-state index contributed by atoms with van der Waals surface area (Å²) < 4.78 is 0. The van der Waals surface area contributed by atoms with Crippen molar-refractivity contribution in [1.29, 1.82) is 0 Å². The first kappa shape index (κ1) is 19.5. The molecular weight excluding hydrogens is 354 g/mol. The van der Waals surface area contributed by atoms with Crippen molar-refractivity contribution in [3.63, 3.8) is 0 Å². The van der Waals surface area contributed by atoms with E-state index < -0.39 is 16.1 Å². The predicted octanol–water partition coefficient (Wildman–Crippen LogP) is 5.29. The largest absolute Gasteiger partial charge is 0.253 e. The molecule has 1 nitrogen and oxygen atoms in total. The van der Waals surface area contributed by atoms with Crippen molar-refractivity contribution >= 4 is 26.7 Å². The second-order valence-electron chi connectivity index (χ2n) is 7.88. The monoisotopic (exact) mass is 383 g/mol. The highest BCUT2D eigenvalue weighted by Crippen LogP contribution is 2.57. The van der Waals surface area contributed by atoms with Crippen LogP contribution in [0.2, 0.25) is 0 Å². The van der Waals surface area contributed by atoms with E-state index in [1.54, 1.807) is 0 Å². The first-order chi connectivity index (χ1) is 12.4. The Morgan fingerprint density at radius 1 is 0.923 bits per heavy atom. The molecule has 0 heterocycles. The third kappa shape index (κ3) is 4.17. The summed E-state index contributed by atoms with van der Waals surface area (Å²) in [4.78, 5) is 11.0. The van der Waals surface area contributed by atoms with Crippen LogP contribution in [0.15, 0.2) is 84.5 Å². The quantitative estimate of drug-likeness (QED) is 0.696. The van der Waals surface area contributed by atoms with E-state index in [9.17, 15) is 4.89 Å². The van der Waals surface area contributed by atoms with Gasteiger partial charge in [0.1, 0.15) is 13.8 Å². The Balaban J connectivity index is 1.97. The molecule has 0 aromatic heterocycles. The molecule has 0 amide bonds. The predicted molar refractivity (Wildman–Crippen MR) is 120 cm³/mol. The molecule has 26 heavy (non-hydrogen) atoms. The SMILES string of the molecule is C[C@@H](C1=CC=CC1[PH+](O)C(C)(C)C)P(c1ccccc1)c1ccccc1. The van der Waals surface area contributed by atoms with E-state index in [0.717, 1.165) is 0 Å². The topological polar surface area (TPSA) is 20.2 Å². The van der Waals surface area contributed by atoms with Crippen LogP contribution in [0.25, 0.3) is 0 Å². The van der Waals surface area contributed by atoms with Gasteiger partial charge in [-0.3, -0.25) is 4.89 Å². The third-order valence-electron chi connectivity index (χ3n) is 4.95. The fraction of sp³-hybridized carbons (Fsp3) is 0.304. The molecule has 2 unspecified atom stereocenters. The van der Waals surface area contributed by atoms with Crippen LogP contribution in [-0.2, 0) is 0 Å². The van der Waals surface area contributed by atoms with E-state index in [4.69, 9.17) is 0 Å². The smallest absolute Gasteiger partial charge is 0.145 e. The van der Waals surface area contributed by atoms with E-state index in [-0.39, 0.29) is 10.8 Å². The molecule has 0 saturated carbocycles. The van der Waals surface area contributed by atoms with Gasteiger partial charge < -0.3 is 0 Å². The van der Waals surface area contributed by atoms with Crippen LogP contribution < -0.4 is 10.6 Å². The van der Waals surface area contributed by atoms with Gasteiger partial charge in [0, 0.05) is 5.66 Å². The Labute approximate surface area is 160 Å². The lowest BCUT2D eigenvalue weighted by Crippen LogP contribution is -2.27. The molecule has 1 aliphatic carbocycles. The summed E-state index contributed by atoms with van der Waals surface area (Å²) in [5.41, 5.74) is 1.99. The summed E-state index contributed by atoms with van der Waals surface area (Å²) in [7, 11) is -2.03. The van der Waals surface area contributed by atoms with Gasteiger partial charge in [0.05, 0.1) is 5.16 Å². The zero-order valence-electron chi connectivity index (χ0n) is 16.1.